The van der Waals surface area contributed by atoms with E-state index in [1.54, 1.807) is 0 Å². The fourth-order valence-corrected chi connectivity index (χ4v) is 2.16. The minimum Gasteiger partial charge on any atom is -0.102 e. The van der Waals surface area contributed by atoms with Crippen LogP contribution in [0.1, 0.15) is 24.5 Å². The van der Waals surface area contributed by atoms with Crippen LogP contribution in [-0.4, -0.2) is 0 Å². The van der Waals surface area contributed by atoms with Gasteiger partial charge in [-0.2, -0.15) is 0 Å². The Labute approximate surface area is 122 Å². The van der Waals surface area contributed by atoms with Crippen molar-refractivity contribution in [2.24, 2.45) is 5.41 Å². The molecule has 0 aliphatic rings. The van der Waals surface area contributed by atoms with Crippen molar-refractivity contribution in [3.63, 3.8) is 0 Å². The molecule has 2 aromatic carbocycles. The van der Waals surface area contributed by atoms with Crippen molar-refractivity contribution < 1.29 is 0 Å². The fourth-order valence-electron chi connectivity index (χ4n) is 2.16. The average Bonchev–Trinajstić information content (AvgIpc) is 2.53. The first-order valence-electron chi connectivity index (χ1n) is 7.14. The van der Waals surface area contributed by atoms with Gasteiger partial charge in [-0.15, -0.1) is 6.58 Å². The van der Waals surface area contributed by atoms with Gasteiger partial charge in [-0.25, -0.2) is 0 Å². The first kappa shape index (κ1) is 14.3. The summed E-state index contributed by atoms with van der Waals surface area (Å²) in [5.74, 6) is 0. The molecular weight excluding hydrogens is 240 g/mol. The highest BCUT2D eigenvalue weighted by molar-refractivity contribution is 5.50. The number of benzene rings is 2. The molecule has 0 aliphatic carbocycles. The van der Waals surface area contributed by atoms with E-state index >= 15 is 0 Å². The second-order valence-corrected chi connectivity index (χ2v) is 5.44. The zero-order valence-corrected chi connectivity index (χ0v) is 12.1. The molecule has 2 aromatic rings. The van der Waals surface area contributed by atoms with Gasteiger partial charge in [0, 0.05) is 5.41 Å². The summed E-state index contributed by atoms with van der Waals surface area (Å²) < 4.78 is 0. The van der Waals surface area contributed by atoms with Crippen molar-refractivity contribution in [3.05, 3.63) is 90.5 Å². The van der Waals surface area contributed by atoms with Crippen molar-refractivity contribution in [1.82, 2.24) is 0 Å². The molecule has 0 spiro atoms. The highest BCUT2D eigenvalue weighted by atomic mass is 14.2. The van der Waals surface area contributed by atoms with E-state index in [9.17, 15) is 0 Å². The zero-order valence-electron chi connectivity index (χ0n) is 12.1. The maximum Gasteiger partial charge on any atom is 0.00365 e. The largest absolute Gasteiger partial charge is 0.102 e. The predicted octanol–water partition coefficient (Wildman–Crippen LogP) is 5.52. The van der Waals surface area contributed by atoms with Gasteiger partial charge in [0.1, 0.15) is 0 Å². The molecule has 0 fully saturated rings. The normalized spacial score (nSPS) is 14.1. The maximum atomic E-state index is 4.01. The van der Waals surface area contributed by atoms with Crippen molar-refractivity contribution in [2.45, 2.75) is 19.8 Å². The van der Waals surface area contributed by atoms with Crippen molar-refractivity contribution >= 4 is 6.08 Å². The predicted molar refractivity (Wildman–Crippen MR) is 88.5 cm³/mol. The van der Waals surface area contributed by atoms with Gasteiger partial charge in [-0.1, -0.05) is 85.8 Å². The van der Waals surface area contributed by atoms with E-state index in [1.165, 1.54) is 11.1 Å². The van der Waals surface area contributed by atoms with E-state index < -0.39 is 0 Å². The first-order valence-corrected chi connectivity index (χ1v) is 7.14. The van der Waals surface area contributed by atoms with E-state index in [0.29, 0.717) is 0 Å². The molecule has 0 amide bonds. The highest BCUT2D eigenvalue weighted by Crippen LogP contribution is 2.27. The summed E-state index contributed by atoms with van der Waals surface area (Å²) in [6, 6.07) is 21.0. The Balaban J connectivity index is 2.02. The summed E-state index contributed by atoms with van der Waals surface area (Å²) in [4.78, 5) is 0. The van der Waals surface area contributed by atoms with E-state index in [-0.39, 0.29) is 5.41 Å². The van der Waals surface area contributed by atoms with Crippen LogP contribution in [0.3, 0.4) is 0 Å². The summed E-state index contributed by atoms with van der Waals surface area (Å²) in [6.45, 7) is 6.24. The van der Waals surface area contributed by atoms with Crippen LogP contribution in [0.4, 0.5) is 0 Å². The quantitative estimate of drug-likeness (QED) is 0.601. The highest BCUT2D eigenvalue weighted by Gasteiger charge is 2.15. The number of aryl methyl sites for hydroxylation is 1. The molecule has 20 heavy (non-hydrogen) atoms. The lowest BCUT2D eigenvalue weighted by Crippen LogP contribution is -2.10. The first-order chi connectivity index (χ1) is 9.72. The van der Waals surface area contributed by atoms with Crippen LogP contribution >= 0.6 is 0 Å². The maximum absolute atomic E-state index is 4.01. The second-order valence-electron chi connectivity index (χ2n) is 5.44. The Morgan fingerprint density at radius 2 is 1.55 bits per heavy atom. The van der Waals surface area contributed by atoms with Crippen LogP contribution in [-0.2, 0) is 6.42 Å². The summed E-state index contributed by atoms with van der Waals surface area (Å²) >= 11 is 0. The lowest BCUT2D eigenvalue weighted by molar-refractivity contribution is 0.503. The molecule has 102 valence electrons. The molecule has 0 aromatic heterocycles. The van der Waals surface area contributed by atoms with Gasteiger partial charge in [0.15, 0.2) is 0 Å². The molecule has 0 N–H and O–H groups in total. The van der Waals surface area contributed by atoms with E-state index in [1.807, 2.05) is 6.07 Å². The topological polar surface area (TPSA) is 0 Å². The van der Waals surface area contributed by atoms with Crippen LogP contribution in [0.25, 0.3) is 6.08 Å². The Morgan fingerprint density at radius 1 is 0.950 bits per heavy atom. The molecule has 1 atom stereocenters. The molecule has 0 bridgehead atoms. The van der Waals surface area contributed by atoms with Gasteiger partial charge in [-0.3, -0.25) is 0 Å². The molecule has 0 saturated carbocycles. The van der Waals surface area contributed by atoms with E-state index in [2.05, 4.69) is 86.3 Å². The van der Waals surface area contributed by atoms with Gasteiger partial charge < -0.3 is 0 Å². The van der Waals surface area contributed by atoms with Gasteiger partial charge in [0.25, 0.3) is 0 Å². The van der Waals surface area contributed by atoms with Gasteiger partial charge in [-0.05, 0) is 24.0 Å². The van der Waals surface area contributed by atoms with E-state index in [0.717, 1.165) is 12.8 Å². The van der Waals surface area contributed by atoms with Crippen LogP contribution in [0.2, 0.25) is 0 Å². The summed E-state index contributed by atoms with van der Waals surface area (Å²) in [5.41, 5.74) is 2.65. The van der Waals surface area contributed by atoms with Crippen LogP contribution in [0.5, 0.6) is 0 Å². The van der Waals surface area contributed by atoms with Crippen LogP contribution in [0.15, 0.2) is 79.4 Å². The van der Waals surface area contributed by atoms with Crippen molar-refractivity contribution in [2.75, 3.05) is 0 Å². The van der Waals surface area contributed by atoms with Gasteiger partial charge in [0.05, 0.1) is 0 Å². The number of hydrogen-bond donors (Lipinski definition) is 0. The fraction of sp³-hybridized carbons (Fsp3) is 0.200. The minimum absolute atomic E-state index is 0.0334. The monoisotopic (exact) mass is 262 g/mol. The third kappa shape index (κ3) is 4.24. The smallest absolute Gasteiger partial charge is 0.00365 e. The molecule has 0 radical (unpaired) electrons. The third-order valence-corrected chi connectivity index (χ3v) is 3.72. The molecule has 1 unspecified atom stereocenters. The standard InChI is InChI=1S/C20H22/c1-3-20(2,16-14-18-10-6-4-7-11-18)17-15-19-12-8-5-9-13-19/h3-14,16H,1,15,17H2,2H3/b16-14-. The summed E-state index contributed by atoms with van der Waals surface area (Å²) in [7, 11) is 0. The van der Waals surface area contributed by atoms with Gasteiger partial charge >= 0.3 is 0 Å². The Kier molecular flexibility index (Phi) is 4.95. The Morgan fingerprint density at radius 3 is 2.15 bits per heavy atom. The molecular formula is C20H22. The SMILES string of the molecule is C=CC(C)(/C=C\c1ccccc1)CCc1ccccc1. The zero-order chi connectivity index (χ0) is 14.3. The van der Waals surface area contributed by atoms with Crippen LogP contribution < -0.4 is 0 Å². The van der Waals surface area contributed by atoms with Crippen molar-refractivity contribution in [1.29, 1.82) is 0 Å². The molecule has 0 heterocycles. The van der Waals surface area contributed by atoms with Crippen LogP contribution in [0, 0.1) is 5.41 Å². The lowest BCUT2D eigenvalue weighted by Gasteiger charge is -2.21. The molecule has 0 saturated heterocycles. The second kappa shape index (κ2) is 6.91. The Hall–Kier alpha value is -2.08. The summed E-state index contributed by atoms with van der Waals surface area (Å²) in [5, 5.41) is 0. The molecule has 0 nitrogen and oxygen atoms in total. The third-order valence-electron chi connectivity index (χ3n) is 3.72. The number of hydrogen-bond acceptors (Lipinski definition) is 0. The average molecular weight is 262 g/mol. The molecule has 0 heteroatoms. The van der Waals surface area contributed by atoms with Crippen molar-refractivity contribution in [3.8, 4) is 0 Å². The van der Waals surface area contributed by atoms with E-state index in [4.69, 9.17) is 0 Å². The Bertz CT molecular complexity index is 551. The molecule has 0 aliphatic heterocycles. The number of allylic oxidation sites excluding steroid dienone is 2. The number of rotatable bonds is 6. The minimum atomic E-state index is 0.0334. The lowest BCUT2D eigenvalue weighted by atomic mass is 9.83. The molecule has 2 rings (SSSR count). The van der Waals surface area contributed by atoms with Gasteiger partial charge in [0.2, 0.25) is 0 Å². The summed E-state index contributed by atoms with van der Waals surface area (Å²) in [6.07, 6.45) is 8.65.